The van der Waals surface area contributed by atoms with Crippen molar-refractivity contribution >= 4 is 73.8 Å². The number of nitrogens with one attached hydrogen (secondary N) is 1. The number of carbonyl (C=O) groups is 3. The van der Waals surface area contributed by atoms with Crippen LogP contribution in [0.25, 0.3) is 6.08 Å². The molecule has 184 valence electrons. The van der Waals surface area contributed by atoms with E-state index in [0.717, 1.165) is 28.6 Å². The van der Waals surface area contributed by atoms with Crippen LogP contribution in [0.5, 0.6) is 11.5 Å². The monoisotopic (exact) mass is 578 g/mol. The molecule has 2 aromatic rings. The summed E-state index contributed by atoms with van der Waals surface area (Å²) in [6, 6.07) is 9.16. The standard InChI is InChI=1S/C24H23BrN2O6S2/c1-13-5-4-6-14(2)21(13)26-19(28)12-33-22-16(25)9-15(10-17(22)32-3)11-18-23(31)27(24(34)35-18)8-7-20(29)30/h4-6,9-11H,7-8,12H2,1-3H3,(H,26,28)(H,29,30)/b18-11-. The van der Waals surface area contributed by atoms with Gasteiger partial charge in [0.15, 0.2) is 18.1 Å². The van der Waals surface area contributed by atoms with Crippen molar-refractivity contribution in [3.05, 3.63) is 56.4 Å². The molecule has 0 saturated carbocycles. The molecule has 11 heteroatoms. The predicted octanol–water partition coefficient (Wildman–Crippen LogP) is 4.77. The molecule has 1 saturated heterocycles. The highest BCUT2D eigenvalue weighted by molar-refractivity contribution is 9.10. The minimum Gasteiger partial charge on any atom is -0.493 e. The number of thiocarbonyl (C=S) groups is 1. The smallest absolute Gasteiger partial charge is 0.305 e. The Bertz CT molecular complexity index is 1210. The first-order valence-corrected chi connectivity index (χ1v) is 12.5. The molecule has 0 aromatic heterocycles. The lowest BCUT2D eigenvalue weighted by molar-refractivity contribution is -0.137. The van der Waals surface area contributed by atoms with Crippen LogP contribution >= 0.6 is 39.9 Å². The van der Waals surface area contributed by atoms with E-state index in [-0.39, 0.29) is 31.4 Å². The Labute approximate surface area is 220 Å². The molecule has 1 heterocycles. The third-order valence-electron chi connectivity index (χ3n) is 5.07. The first kappa shape index (κ1) is 26.7. The van der Waals surface area contributed by atoms with Crippen molar-refractivity contribution in [3.63, 3.8) is 0 Å². The van der Waals surface area contributed by atoms with E-state index in [1.807, 2.05) is 32.0 Å². The van der Waals surface area contributed by atoms with E-state index in [9.17, 15) is 14.4 Å². The number of hydrogen-bond donors (Lipinski definition) is 2. The number of hydrogen-bond acceptors (Lipinski definition) is 7. The number of carboxylic acid groups (broad SMARTS) is 1. The summed E-state index contributed by atoms with van der Waals surface area (Å²) >= 11 is 9.78. The SMILES string of the molecule is COc1cc(/C=C2\SC(=S)N(CCC(=O)O)C2=O)cc(Br)c1OCC(=O)Nc1c(C)cccc1C. The van der Waals surface area contributed by atoms with Crippen LogP contribution in [-0.2, 0) is 14.4 Å². The lowest BCUT2D eigenvalue weighted by Gasteiger charge is -2.15. The number of nitrogens with zero attached hydrogens (tertiary/aromatic N) is 1. The second kappa shape index (κ2) is 11.7. The van der Waals surface area contributed by atoms with Gasteiger partial charge in [-0.15, -0.1) is 0 Å². The number of carboxylic acids is 1. The Morgan fingerprint density at radius 3 is 2.57 bits per heavy atom. The van der Waals surface area contributed by atoms with Crippen molar-refractivity contribution in [1.82, 2.24) is 4.90 Å². The van der Waals surface area contributed by atoms with Gasteiger partial charge in [-0.1, -0.05) is 42.2 Å². The van der Waals surface area contributed by atoms with Crippen LogP contribution in [0.2, 0.25) is 0 Å². The van der Waals surface area contributed by atoms with Gasteiger partial charge in [0.2, 0.25) is 0 Å². The van der Waals surface area contributed by atoms with E-state index in [4.69, 9.17) is 26.8 Å². The van der Waals surface area contributed by atoms with Gasteiger partial charge in [-0.2, -0.15) is 0 Å². The van der Waals surface area contributed by atoms with E-state index in [2.05, 4.69) is 21.2 Å². The predicted molar refractivity (Wildman–Crippen MR) is 143 cm³/mol. The summed E-state index contributed by atoms with van der Waals surface area (Å²) in [7, 11) is 1.47. The van der Waals surface area contributed by atoms with Crippen LogP contribution in [0, 0.1) is 13.8 Å². The lowest BCUT2D eigenvalue weighted by atomic mass is 10.1. The highest BCUT2D eigenvalue weighted by Gasteiger charge is 2.32. The zero-order chi connectivity index (χ0) is 25.7. The fourth-order valence-electron chi connectivity index (χ4n) is 3.34. The maximum absolute atomic E-state index is 12.7. The average molecular weight is 579 g/mol. The molecule has 2 aromatic carbocycles. The summed E-state index contributed by atoms with van der Waals surface area (Å²) in [5.41, 5.74) is 3.30. The number of carbonyl (C=O) groups excluding carboxylic acids is 2. The number of methoxy groups -OCH3 is 1. The molecular weight excluding hydrogens is 556 g/mol. The molecule has 8 nitrogen and oxygen atoms in total. The van der Waals surface area contributed by atoms with Crippen LogP contribution in [0.1, 0.15) is 23.1 Å². The Morgan fingerprint density at radius 2 is 1.94 bits per heavy atom. The van der Waals surface area contributed by atoms with Crippen LogP contribution in [-0.4, -0.2) is 52.4 Å². The Kier molecular flexibility index (Phi) is 8.92. The van der Waals surface area contributed by atoms with Gasteiger partial charge in [0.25, 0.3) is 11.8 Å². The minimum absolute atomic E-state index is 0.0151. The molecule has 0 bridgehead atoms. The molecule has 0 atom stereocenters. The zero-order valence-electron chi connectivity index (χ0n) is 19.2. The van der Waals surface area contributed by atoms with Gasteiger partial charge in [-0.3, -0.25) is 19.3 Å². The van der Waals surface area contributed by atoms with E-state index < -0.39 is 5.97 Å². The summed E-state index contributed by atoms with van der Waals surface area (Å²) in [5.74, 6) is -0.956. The number of amides is 2. The van der Waals surface area contributed by atoms with Crippen LogP contribution in [0.15, 0.2) is 39.7 Å². The number of aryl methyl sites for hydroxylation is 2. The van der Waals surface area contributed by atoms with E-state index in [0.29, 0.717) is 30.8 Å². The molecule has 0 aliphatic carbocycles. The molecular formula is C24H23BrN2O6S2. The highest BCUT2D eigenvalue weighted by atomic mass is 79.9. The number of para-hydroxylation sites is 1. The molecule has 1 aliphatic heterocycles. The molecule has 1 aliphatic rings. The van der Waals surface area contributed by atoms with Crippen molar-refractivity contribution in [2.45, 2.75) is 20.3 Å². The lowest BCUT2D eigenvalue weighted by Crippen LogP contribution is -2.30. The quantitative estimate of drug-likeness (QED) is 0.324. The summed E-state index contributed by atoms with van der Waals surface area (Å²) < 4.78 is 12.0. The second-order valence-electron chi connectivity index (χ2n) is 7.61. The number of thioether (sulfide) groups is 1. The number of halogens is 1. The maximum Gasteiger partial charge on any atom is 0.305 e. The molecule has 1 fully saturated rings. The molecule has 0 spiro atoms. The topological polar surface area (TPSA) is 105 Å². The van der Waals surface area contributed by atoms with Gasteiger partial charge >= 0.3 is 5.97 Å². The normalized spacial score (nSPS) is 14.4. The summed E-state index contributed by atoms with van der Waals surface area (Å²) in [6.45, 7) is 3.62. The van der Waals surface area contributed by atoms with Gasteiger partial charge in [0.1, 0.15) is 4.32 Å². The molecule has 2 N–H and O–H groups in total. The first-order valence-electron chi connectivity index (χ1n) is 10.4. The van der Waals surface area contributed by atoms with Crippen LogP contribution in [0.3, 0.4) is 0 Å². The van der Waals surface area contributed by atoms with Gasteiger partial charge in [-0.05, 0) is 64.7 Å². The van der Waals surface area contributed by atoms with E-state index >= 15 is 0 Å². The van der Waals surface area contributed by atoms with Crippen molar-refractivity contribution in [2.24, 2.45) is 0 Å². The first-order chi connectivity index (χ1) is 16.6. The van der Waals surface area contributed by atoms with Gasteiger partial charge in [0, 0.05) is 12.2 Å². The highest BCUT2D eigenvalue weighted by Crippen LogP contribution is 2.39. The largest absolute Gasteiger partial charge is 0.493 e. The van der Waals surface area contributed by atoms with Crippen molar-refractivity contribution < 1.29 is 29.0 Å². The molecule has 0 radical (unpaired) electrons. The van der Waals surface area contributed by atoms with Crippen molar-refractivity contribution in [2.75, 3.05) is 25.6 Å². The molecule has 35 heavy (non-hydrogen) atoms. The Morgan fingerprint density at radius 1 is 1.26 bits per heavy atom. The Balaban J connectivity index is 1.74. The van der Waals surface area contributed by atoms with Crippen LogP contribution < -0.4 is 14.8 Å². The summed E-state index contributed by atoms with van der Waals surface area (Å²) in [6.07, 6.45) is 1.45. The van der Waals surface area contributed by atoms with Gasteiger partial charge in [-0.25, -0.2) is 0 Å². The maximum atomic E-state index is 12.7. The number of anilines is 1. The number of ether oxygens (including phenoxy) is 2. The van der Waals surface area contributed by atoms with Gasteiger partial charge in [0.05, 0.1) is 22.9 Å². The number of benzene rings is 2. The van der Waals surface area contributed by atoms with Crippen LogP contribution in [0.4, 0.5) is 5.69 Å². The minimum atomic E-state index is -1.00. The fourth-order valence-corrected chi connectivity index (χ4v) is 5.22. The fraction of sp³-hybridized carbons (Fsp3) is 0.250. The molecule has 2 amide bonds. The third-order valence-corrected chi connectivity index (χ3v) is 7.03. The Hall–Kier alpha value is -2.89. The number of aliphatic carboxylic acids is 1. The summed E-state index contributed by atoms with van der Waals surface area (Å²) in [4.78, 5) is 37.6. The molecule has 0 unspecified atom stereocenters. The van der Waals surface area contributed by atoms with E-state index in [1.165, 1.54) is 12.0 Å². The van der Waals surface area contributed by atoms with Gasteiger partial charge < -0.3 is 19.9 Å². The number of rotatable bonds is 9. The van der Waals surface area contributed by atoms with Crippen molar-refractivity contribution in [3.8, 4) is 11.5 Å². The second-order valence-corrected chi connectivity index (χ2v) is 10.1. The van der Waals surface area contributed by atoms with Crippen molar-refractivity contribution in [1.29, 1.82) is 0 Å². The van der Waals surface area contributed by atoms with E-state index in [1.54, 1.807) is 18.2 Å². The molecule has 3 rings (SSSR count). The average Bonchev–Trinajstić information content (AvgIpc) is 3.05. The zero-order valence-corrected chi connectivity index (χ0v) is 22.4. The summed E-state index contributed by atoms with van der Waals surface area (Å²) in [5, 5.41) is 11.8. The third kappa shape index (κ3) is 6.62.